The molecule has 6 heteroatoms. The van der Waals surface area contributed by atoms with Crippen molar-refractivity contribution in [3.8, 4) is 0 Å². The molecule has 0 saturated carbocycles. The number of aromatic amines is 1. The van der Waals surface area contributed by atoms with Crippen molar-refractivity contribution in [1.29, 1.82) is 0 Å². The summed E-state index contributed by atoms with van der Waals surface area (Å²) in [6.45, 7) is 4.16. The second-order valence-corrected chi connectivity index (χ2v) is 3.49. The summed E-state index contributed by atoms with van der Waals surface area (Å²) in [6.07, 6.45) is 2.56. The maximum absolute atomic E-state index is 5.76. The summed E-state index contributed by atoms with van der Waals surface area (Å²) in [5.74, 6) is 0.949. The van der Waals surface area contributed by atoms with Crippen LogP contribution in [0.4, 0.5) is 11.8 Å². The summed E-state index contributed by atoms with van der Waals surface area (Å²) >= 11 is 0. The number of nitrogens with one attached hydrogen (secondary N) is 2. The summed E-state index contributed by atoms with van der Waals surface area (Å²) in [6, 6.07) is 0.320. The van der Waals surface area contributed by atoms with E-state index in [2.05, 4.69) is 39.1 Å². The Labute approximate surface area is 87.3 Å². The van der Waals surface area contributed by atoms with Crippen molar-refractivity contribution in [3.63, 3.8) is 0 Å². The van der Waals surface area contributed by atoms with Crippen LogP contribution in [0.3, 0.4) is 0 Å². The number of nitrogen functional groups attached to an aromatic ring is 1. The first-order chi connectivity index (χ1) is 7.20. The number of hydrogen-bond acceptors (Lipinski definition) is 5. The lowest BCUT2D eigenvalue weighted by molar-refractivity contribution is 0.754. The molecule has 0 aliphatic rings. The van der Waals surface area contributed by atoms with Crippen LogP contribution < -0.4 is 11.1 Å². The largest absolute Gasteiger partial charge is 0.382 e. The SMILES string of the molecule is CC[C@H](C)Nc1nc(N)c2[nH]cnc2n1. The van der Waals surface area contributed by atoms with Crippen LogP contribution in [0.2, 0.25) is 0 Å². The van der Waals surface area contributed by atoms with Gasteiger partial charge >= 0.3 is 0 Å². The van der Waals surface area contributed by atoms with Crippen LogP contribution in [0.5, 0.6) is 0 Å². The minimum Gasteiger partial charge on any atom is -0.382 e. The highest BCUT2D eigenvalue weighted by Gasteiger charge is 2.08. The van der Waals surface area contributed by atoms with E-state index in [0.717, 1.165) is 6.42 Å². The van der Waals surface area contributed by atoms with Crippen LogP contribution in [0.1, 0.15) is 20.3 Å². The fourth-order valence-corrected chi connectivity index (χ4v) is 1.24. The van der Waals surface area contributed by atoms with E-state index < -0.39 is 0 Å². The van der Waals surface area contributed by atoms with Crippen molar-refractivity contribution in [2.75, 3.05) is 11.1 Å². The minimum absolute atomic E-state index is 0.320. The normalized spacial score (nSPS) is 12.9. The number of imidazole rings is 1. The lowest BCUT2D eigenvalue weighted by Gasteiger charge is -2.10. The molecule has 2 heterocycles. The van der Waals surface area contributed by atoms with Gasteiger partial charge in [0.1, 0.15) is 5.52 Å². The van der Waals surface area contributed by atoms with Gasteiger partial charge in [0.25, 0.3) is 0 Å². The second-order valence-electron chi connectivity index (χ2n) is 3.49. The Morgan fingerprint density at radius 3 is 3.07 bits per heavy atom. The third kappa shape index (κ3) is 1.83. The minimum atomic E-state index is 0.320. The molecule has 0 aliphatic carbocycles. The molecular formula is C9H14N6. The van der Waals surface area contributed by atoms with E-state index in [-0.39, 0.29) is 0 Å². The number of H-pyrrole nitrogens is 1. The van der Waals surface area contributed by atoms with Crippen LogP contribution in [0.15, 0.2) is 6.33 Å². The first-order valence-corrected chi connectivity index (χ1v) is 4.93. The highest BCUT2D eigenvalue weighted by molar-refractivity contribution is 5.82. The molecule has 0 unspecified atom stereocenters. The lowest BCUT2D eigenvalue weighted by Crippen LogP contribution is -2.16. The molecule has 0 aliphatic heterocycles. The van der Waals surface area contributed by atoms with Crippen LogP contribution in [0.25, 0.3) is 11.2 Å². The summed E-state index contributed by atoms with van der Waals surface area (Å²) in [4.78, 5) is 15.3. The number of hydrogen-bond donors (Lipinski definition) is 3. The third-order valence-electron chi connectivity index (χ3n) is 2.30. The zero-order chi connectivity index (χ0) is 10.8. The summed E-state index contributed by atoms with van der Waals surface area (Å²) in [7, 11) is 0. The van der Waals surface area contributed by atoms with Crippen LogP contribution >= 0.6 is 0 Å². The molecule has 0 saturated heterocycles. The first kappa shape index (κ1) is 9.70. The molecule has 2 rings (SSSR count). The quantitative estimate of drug-likeness (QED) is 0.700. The van der Waals surface area contributed by atoms with Gasteiger partial charge in [-0.1, -0.05) is 6.92 Å². The number of nitrogens with two attached hydrogens (primary N) is 1. The van der Waals surface area contributed by atoms with E-state index >= 15 is 0 Å². The zero-order valence-electron chi connectivity index (χ0n) is 8.78. The van der Waals surface area contributed by atoms with Crippen LogP contribution in [-0.2, 0) is 0 Å². The number of fused-ring (bicyclic) bond motifs is 1. The number of aromatic nitrogens is 4. The van der Waals surface area contributed by atoms with Crippen molar-refractivity contribution in [1.82, 2.24) is 19.9 Å². The standard InChI is InChI=1S/C9H14N6/c1-3-5(2)13-9-14-7(10)6-8(15-9)12-4-11-6/h4-5H,3H2,1-2H3,(H4,10,11,12,13,14,15)/t5-/m0/s1. The summed E-state index contributed by atoms with van der Waals surface area (Å²) in [5.41, 5.74) is 7.03. The van der Waals surface area contributed by atoms with Gasteiger partial charge in [0.2, 0.25) is 5.95 Å². The Morgan fingerprint density at radius 1 is 1.53 bits per heavy atom. The molecule has 2 aromatic heterocycles. The smallest absolute Gasteiger partial charge is 0.227 e. The van der Waals surface area contributed by atoms with Gasteiger partial charge in [0.05, 0.1) is 6.33 Å². The fourth-order valence-electron chi connectivity index (χ4n) is 1.24. The first-order valence-electron chi connectivity index (χ1n) is 4.93. The Morgan fingerprint density at radius 2 is 2.33 bits per heavy atom. The summed E-state index contributed by atoms with van der Waals surface area (Å²) < 4.78 is 0. The Kier molecular flexibility index (Phi) is 2.40. The topological polar surface area (TPSA) is 92.5 Å². The van der Waals surface area contributed by atoms with Crippen molar-refractivity contribution in [2.45, 2.75) is 26.3 Å². The van der Waals surface area contributed by atoms with E-state index in [1.807, 2.05) is 0 Å². The Hall–Kier alpha value is -1.85. The molecule has 2 aromatic rings. The van der Waals surface area contributed by atoms with Crippen molar-refractivity contribution in [2.24, 2.45) is 0 Å². The van der Waals surface area contributed by atoms with E-state index in [1.165, 1.54) is 0 Å². The molecular weight excluding hydrogens is 192 g/mol. The molecule has 0 amide bonds. The van der Waals surface area contributed by atoms with Gasteiger partial charge < -0.3 is 16.0 Å². The van der Waals surface area contributed by atoms with Gasteiger partial charge in [-0.2, -0.15) is 9.97 Å². The van der Waals surface area contributed by atoms with Crippen molar-refractivity contribution in [3.05, 3.63) is 6.33 Å². The molecule has 6 nitrogen and oxygen atoms in total. The molecule has 4 N–H and O–H groups in total. The molecule has 80 valence electrons. The highest BCUT2D eigenvalue weighted by Crippen LogP contribution is 2.15. The fraction of sp³-hybridized carbons (Fsp3) is 0.444. The zero-order valence-corrected chi connectivity index (χ0v) is 8.78. The molecule has 1 atom stereocenters. The predicted molar refractivity (Wildman–Crippen MR) is 59.5 cm³/mol. The van der Waals surface area contributed by atoms with Gasteiger partial charge in [-0.15, -0.1) is 0 Å². The average molecular weight is 206 g/mol. The van der Waals surface area contributed by atoms with Gasteiger partial charge in [0, 0.05) is 6.04 Å². The van der Waals surface area contributed by atoms with Crippen LogP contribution in [0, 0.1) is 0 Å². The van der Waals surface area contributed by atoms with E-state index in [9.17, 15) is 0 Å². The number of anilines is 2. The van der Waals surface area contributed by atoms with Gasteiger partial charge in [-0.3, -0.25) is 0 Å². The molecule has 0 spiro atoms. The van der Waals surface area contributed by atoms with Gasteiger partial charge in [-0.25, -0.2) is 4.98 Å². The maximum Gasteiger partial charge on any atom is 0.227 e. The van der Waals surface area contributed by atoms with Gasteiger partial charge in [-0.05, 0) is 13.3 Å². The van der Waals surface area contributed by atoms with E-state index in [0.29, 0.717) is 29.0 Å². The second kappa shape index (κ2) is 3.72. The van der Waals surface area contributed by atoms with Crippen molar-refractivity contribution < 1.29 is 0 Å². The Balaban J connectivity index is 2.36. The highest BCUT2D eigenvalue weighted by atomic mass is 15.2. The average Bonchev–Trinajstić information content (AvgIpc) is 2.66. The molecule has 0 aromatic carbocycles. The van der Waals surface area contributed by atoms with Gasteiger partial charge in [0.15, 0.2) is 11.5 Å². The van der Waals surface area contributed by atoms with Crippen molar-refractivity contribution >= 4 is 22.9 Å². The Bertz CT molecular complexity index is 463. The summed E-state index contributed by atoms with van der Waals surface area (Å²) in [5, 5.41) is 3.16. The lowest BCUT2D eigenvalue weighted by atomic mass is 10.3. The number of rotatable bonds is 3. The monoisotopic (exact) mass is 206 g/mol. The predicted octanol–water partition coefficient (Wildman–Crippen LogP) is 1.15. The number of nitrogens with zero attached hydrogens (tertiary/aromatic N) is 3. The third-order valence-corrected chi connectivity index (χ3v) is 2.30. The molecule has 15 heavy (non-hydrogen) atoms. The van der Waals surface area contributed by atoms with Crippen LogP contribution in [-0.4, -0.2) is 26.0 Å². The maximum atomic E-state index is 5.76. The molecule has 0 bridgehead atoms. The molecule has 0 fully saturated rings. The van der Waals surface area contributed by atoms with E-state index in [4.69, 9.17) is 5.73 Å². The van der Waals surface area contributed by atoms with E-state index in [1.54, 1.807) is 6.33 Å². The molecule has 0 radical (unpaired) electrons.